The van der Waals surface area contributed by atoms with Gasteiger partial charge in [-0.2, -0.15) is 0 Å². The lowest BCUT2D eigenvalue weighted by Crippen LogP contribution is -2.30. The van der Waals surface area contributed by atoms with Crippen LogP contribution in [0, 0.1) is 12.7 Å². The highest BCUT2D eigenvalue weighted by Crippen LogP contribution is 2.23. The van der Waals surface area contributed by atoms with Crippen LogP contribution in [0.15, 0.2) is 60.7 Å². The molecule has 0 spiro atoms. The summed E-state index contributed by atoms with van der Waals surface area (Å²) in [5.74, 6) is -1.12. The van der Waals surface area contributed by atoms with Gasteiger partial charge in [-0.1, -0.05) is 41.4 Å². The lowest BCUT2D eigenvalue weighted by Gasteiger charge is -2.14. The number of aromatic amines is 1. The molecule has 4 aromatic rings. The molecule has 6 nitrogen and oxygen atoms in total. The van der Waals surface area contributed by atoms with Gasteiger partial charge in [0.05, 0.1) is 21.6 Å². The van der Waals surface area contributed by atoms with E-state index in [4.69, 9.17) is 16.3 Å². The molecule has 1 unspecified atom stereocenters. The highest BCUT2D eigenvalue weighted by Gasteiger charge is 2.20. The number of carbonyl (C=O) groups excluding carboxylic acids is 2. The lowest BCUT2D eigenvalue weighted by molar-refractivity contribution is -0.123. The summed E-state index contributed by atoms with van der Waals surface area (Å²) < 4.78 is 18.5. The number of hydrogen-bond acceptors (Lipinski definition) is 4. The van der Waals surface area contributed by atoms with Crippen LogP contribution in [-0.4, -0.2) is 27.9 Å². The van der Waals surface area contributed by atoms with Gasteiger partial charge in [-0.15, -0.1) is 0 Å². The molecule has 0 radical (unpaired) electrons. The predicted molar refractivity (Wildman–Crippen MR) is 121 cm³/mol. The third-order valence-corrected chi connectivity index (χ3v) is 5.17. The van der Waals surface area contributed by atoms with Gasteiger partial charge in [-0.05, 0) is 50.2 Å². The number of esters is 1. The summed E-state index contributed by atoms with van der Waals surface area (Å²) in [6.45, 7) is 3.46. The zero-order valence-electron chi connectivity index (χ0n) is 17.3. The zero-order valence-corrected chi connectivity index (χ0v) is 18.0. The molecule has 0 saturated heterocycles. The van der Waals surface area contributed by atoms with Crippen LogP contribution in [0.2, 0.25) is 5.02 Å². The fraction of sp³-hybridized carbons (Fsp3) is 0.125. The Morgan fingerprint density at radius 3 is 2.56 bits per heavy atom. The van der Waals surface area contributed by atoms with E-state index in [0.29, 0.717) is 22.5 Å². The topological polar surface area (TPSA) is 84.1 Å². The number of carbonyl (C=O) groups is 2. The Labute approximate surface area is 188 Å². The van der Waals surface area contributed by atoms with Gasteiger partial charge in [-0.3, -0.25) is 4.79 Å². The maximum Gasteiger partial charge on any atom is 0.338 e. The number of halogens is 2. The van der Waals surface area contributed by atoms with E-state index in [-0.39, 0.29) is 10.6 Å². The molecular weight excluding hydrogens is 433 g/mol. The van der Waals surface area contributed by atoms with Crippen LogP contribution in [0.3, 0.4) is 0 Å². The summed E-state index contributed by atoms with van der Waals surface area (Å²) in [6.07, 6.45) is -1.08. The Hall–Kier alpha value is -3.71. The molecule has 0 aliphatic carbocycles. The Balaban J connectivity index is 1.46. The third kappa shape index (κ3) is 4.63. The van der Waals surface area contributed by atoms with Crippen LogP contribution in [0.1, 0.15) is 22.8 Å². The van der Waals surface area contributed by atoms with Crippen LogP contribution in [-0.2, 0) is 9.53 Å². The van der Waals surface area contributed by atoms with Gasteiger partial charge in [0.25, 0.3) is 5.91 Å². The van der Waals surface area contributed by atoms with Gasteiger partial charge in [0.15, 0.2) is 6.10 Å². The zero-order chi connectivity index (χ0) is 22.8. The summed E-state index contributed by atoms with van der Waals surface area (Å²) in [4.78, 5) is 32.6. The van der Waals surface area contributed by atoms with Crippen molar-refractivity contribution in [1.29, 1.82) is 0 Å². The second kappa shape index (κ2) is 8.80. The number of fused-ring (bicyclic) bond motifs is 1. The number of ether oxygens (including phenoxy) is 1. The molecule has 8 heteroatoms. The number of imidazole rings is 1. The van der Waals surface area contributed by atoms with Crippen LogP contribution >= 0.6 is 11.6 Å². The number of benzene rings is 3. The van der Waals surface area contributed by atoms with Crippen molar-refractivity contribution in [2.75, 3.05) is 5.32 Å². The predicted octanol–water partition coefficient (Wildman–Crippen LogP) is 5.51. The van der Waals surface area contributed by atoms with Gasteiger partial charge in [0, 0.05) is 11.3 Å². The number of nitrogens with one attached hydrogen (secondary N) is 2. The SMILES string of the molecule is Cc1ccc(-c2nc3ccc(C(=O)OC(C)C(=O)Nc4ccc(F)c(Cl)c4)cc3[nH]2)cc1. The number of amides is 1. The second-order valence-electron chi connectivity index (χ2n) is 7.35. The largest absolute Gasteiger partial charge is 0.449 e. The number of aromatic nitrogens is 2. The van der Waals surface area contributed by atoms with Crippen molar-refractivity contribution >= 4 is 40.2 Å². The number of hydrogen-bond donors (Lipinski definition) is 2. The summed E-state index contributed by atoms with van der Waals surface area (Å²) in [6, 6.07) is 16.7. The van der Waals surface area contributed by atoms with Crippen LogP contribution in [0.4, 0.5) is 10.1 Å². The molecule has 0 aliphatic heterocycles. The van der Waals surface area contributed by atoms with Gasteiger partial charge < -0.3 is 15.0 Å². The van der Waals surface area contributed by atoms with Crippen LogP contribution in [0.25, 0.3) is 22.4 Å². The molecule has 2 N–H and O–H groups in total. The van der Waals surface area contributed by atoms with Crippen LogP contribution < -0.4 is 5.32 Å². The maximum atomic E-state index is 13.3. The van der Waals surface area contributed by atoms with Crippen molar-refractivity contribution in [2.24, 2.45) is 0 Å². The summed E-state index contributed by atoms with van der Waals surface area (Å²) in [5, 5.41) is 2.42. The minimum atomic E-state index is -1.08. The minimum Gasteiger partial charge on any atom is -0.449 e. The molecule has 1 atom stereocenters. The number of aryl methyl sites for hydroxylation is 1. The molecule has 162 valence electrons. The van der Waals surface area contributed by atoms with Crippen molar-refractivity contribution in [2.45, 2.75) is 20.0 Å². The van der Waals surface area contributed by atoms with Crippen molar-refractivity contribution in [1.82, 2.24) is 9.97 Å². The third-order valence-electron chi connectivity index (χ3n) is 4.88. The van der Waals surface area contributed by atoms with E-state index in [9.17, 15) is 14.0 Å². The average molecular weight is 452 g/mol. The fourth-order valence-corrected chi connectivity index (χ4v) is 3.27. The normalized spacial score (nSPS) is 11.9. The van der Waals surface area contributed by atoms with E-state index in [1.165, 1.54) is 19.1 Å². The second-order valence-corrected chi connectivity index (χ2v) is 7.76. The molecule has 1 aromatic heterocycles. The Morgan fingerprint density at radius 1 is 1.09 bits per heavy atom. The molecule has 1 amide bonds. The van der Waals surface area contributed by atoms with E-state index >= 15 is 0 Å². The van der Waals surface area contributed by atoms with Crippen molar-refractivity contribution < 1.29 is 18.7 Å². The summed E-state index contributed by atoms with van der Waals surface area (Å²) in [5.41, 5.74) is 4.04. The molecule has 0 bridgehead atoms. The average Bonchev–Trinajstić information content (AvgIpc) is 3.20. The van der Waals surface area contributed by atoms with E-state index in [1.807, 2.05) is 31.2 Å². The first-order valence-electron chi connectivity index (χ1n) is 9.84. The Morgan fingerprint density at radius 2 is 1.84 bits per heavy atom. The van der Waals surface area contributed by atoms with Gasteiger partial charge in [0.2, 0.25) is 0 Å². The number of nitrogens with zero attached hydrogens (tertiary/aromatic N) is 1. The van der Waals surface area contributed by atoms with Gasteiger partial charge in [-0.25, -0.2) is 14.2 Å². The minimum absolute atomic E-state index is 0.120. The van der Waals surface area contributed by atoms with Crippen molar-refractivity contribution in [3.05, 3.63) is 82.6 Å². The van der Waals surface area contributed by atoms with E-state index in [2.05, 4.69) is 15.3 Å². The van der Waals surface area contributed by atoms with E-state index in [1.54, 1.807) is 18.2 Å². The molecule has 3 aromatic carbocycles. The number of rotatable bonds is 5. The highest BCUT2D eigenvalue weighted by molar-refractivity contribution is 6.31. The summed E-state index contributed by atoms with van der Waals surface area (Å²) in [7, 11) is 0. The van der Waals surface area contributed by atoms with Crippen LogP contribution in [0.5, 0.6) is 0 Å². The highest BCUT2D eigenvalue weighted by atomic mass is 35.5. The number of anilines is 1. The first-order valence-corrected chi connectivity index (χ1v) is 10.2. The molecule has 4 rings (SSSR count). The lowest BCUT2D eigenvalue weighted by atomic mass is 10.1. The monoisotopic (exact) mass is 451 g/mol. The quantitative estimate of drug-likeness (QED) is 0.391. The maximum absolute atomic E-state index is 13.3. The summed E-state index contributed by atoms with van der Waals surface area (Å²) >= 11 is 5.72. The first kappa shape index (κ1) is 21.5. The molecule has 32 heavy (non-hydrogen) atoms. The van der Waals surface area contributed by atoms with Crippen molar-refractivity contribution in [3.8, 4) is 11.4 Å². The van der Waals surface area contributed by atoms with E-state index in [0.717, 1.165) is 17.2 Å². The Kier molecular flexibility index (Phi) is 5.92. The molecule has 0 fully saturated rings. The molecular formula is C24H19ClFN3O3. The smallest absolute Gasteiger partial charge is 0.338 e. The van der Waals surface area contributed by atoms with Gasteiger partial charge >= 0.3 is 5.97 Å². The standard InChI is InChI=1S/C24H19ClFN3O3/c1-13-3-5-15(6-4-13)22-28-20-10-7-16(11-21(20)29-22)24(31)32-14(2)23(30)27-17-8-9-19(26)18(25)12-17/h3-12,14H,1-2H3,(H,27,30)(H,28,29). The van der Waals surface area contributed by atoms with E-state index < -0.39 is 23.8 Å². The number of H-pyrrole nitrogens is 1. The molecule has 1 heterocycles. The fourth-order valence-electron chi connectivity index (χ4n) is 3.08. The molecule has 0 saturated carbocycles. The Bertz CT molecular complexity index is 1320. The molecule has 0 aliphatic rings. The van der Waals surface area contributed by atoms with Gasteiger partial charge in [0.1, 0.15) is 11.6 Å². The van der Waals surface area contributed by atoms with Crippen molar-refractivity contribution in [3.63, 3.8) is 0 Å². The first-order chi connectivity index (χ1) is 15.3.